The zero-order chi connectivity index (χ0) is 14.2. The minimum atomic E-state index is -0.576. The van der Waals surface area contributed by atoms with Crippen molar-refractivity contribution in [3.63, 3.8) is 0 Å². The zero-order valence-electron chi connectivity index (χ0n) is 12.6. The second kappa shape index (κ2) is 5.12. The third-order valence-corrected chi connectivity index (χ3v) is 4.12. The van der Waals surface area contributed by atoms with Crippen molar-refractivity contribution in [2.75, 3.05) is 0 Å². The topological polar surface area (TPSA) is 48.0 Å². The molecule has 19 heavy (non-hydrogen) atoms. The van der Waals surface area contributed by atoms with Gasteiger partial charge in [-0.1, -0.05) is 26.7 Å². The van der Waals surface area contributed by atoms with Crippen LogP contribution in [0.3, 0.4) is 0 Å². The van der Waals surface area contributed by atoms with E-state index in [2.05, 4.69) is 19.9 Å². The Morgan fingerprint density at radius 2 is 1.84 bits per heavy atom. The van der Waals surface area contributed by atoms with Crippen LogP contribution >= 0.6 is 0 Å². The molecule has 3 nitrogen and oxygen atoms in total. The van der Waals surface area contributed by atoms with Gasteiger partial charge < -0.3 is 10.3 Å². The van der Waals surface area contributed by atoms with Gasteiger partial charge in [-0.25, -0.2) is 0 Å². The summed E-state index contributed by atoms with van der Waals surface area (Å²) in [5.74, 6) is 0.364. The maximum absolute atomic E-state index is 12.8. The Kier molecular flexibility index (Phi) is 3.86. The molecule has 0 saturated heterocycles. The quantitative estimate of drug-likeness (QED) is 0.908. The van der Waals surface area contributed by atoms with Crippen LogP contribution < -0.4 is 11.3 Å². The van der Waals surface area contributed by atoms with E-state index in [1.165, 1.54) is 12.8 Å². The van der Waals surface area contributed by atoms with Crippen molar-refractivity contribution in [1.29, 1.82) is 0 Å². The lowest BCUT2D eigenvalue weighted by molar-refractivity contribution is 0.455. The Balaban J connectivity index is 2.61. The number of rotatable bonds is 3. The maximum atomic E-state index is 12.8. The molecule has 1 aliphatic rings. The van der Waals surface area contributed by atoms with Gasteiger partial charge in [0.05, 0.1) is 0 Å². The summed E-state index contributed by atoms with van der Waals surface area (Å²) in [4.78, 5) is 12.8. The summed E-state index contributed by atoms with van der Waals surface area (Å²) < 4.78 is 2.03. The Labute approximate surface area is 115 Å². The molecule has 1 heterocycles. The van der Waals surface area contributed by atoms with Gasteiger partial charge in [0.1, 0.15) is 0 Å². The molecule has 0 bridgehead atoms. The van der Waals surface area contributed by atoms with Crippen LogP contribution in [0.1, 0.15) is 76.6 Å². The number of hydrogen-bond donors (Lipinski definition) is 1. The first-order valence-corrected chi connectivity index (χ1v) is 7.37. The van der Waals surface area contributed by atoms with Crippen molar-refractivity contribution in [2.24, 2.45) is 5.73 Å². The van der Waals surface area contributed by atoms with Gasteiger partial charge in [-0.15, -0.1) is 0 Å². The van der Waals surface area contributed by atoms with Crippen molar-refractivity contribution >= 4 is 0 Å². The lowest BCUT2D eigenvalue weighted by Crippen LogP contribution is -2.39. The summed E-state index contributed by atoms with van der Waals surface area (Å²) in [5, 5.41) is 0. The van der Waals surface area contributed by atoms with Gasteiger partial charge in [-0.3, -0.25) is 4.79 Å². The predicted octanol–water partition coefficient (Wildman–Crippen LogP) is 3.28. The highest BCUT2D eigenvalue weighted by molar-refractivity contribution is 5.24. The smallest absolute Gasteiger partial charge is 0.256 e. The van der Waals surface area contributed by atoms with Crippen molar-refractivity contribution < 1.29 is 0 Å². The summed E-state index contributed by atoms with van der Waals surface area (Å²) in [6, 6.07) is 4.38. The fourth-order valence-corrected chi connectivity index (χ4v) is 3.07. The van der Waals surface area contributed by atoms with E-state index in [1.54, 1.807) is 0 Å². The molecule has 2 N–H and O–H groups in total. The Hall–Kier alpha value is -1.09. The number of nitrogens with zero attached hydrogens (tertiary/aromatic N) is 1. The van der Waals surface area contributed by atoms with Crippen LogP contribution in [0.5, 0.6) is 0 Å². The maximum Gasteiger partial charge on any atom is 0.256 e. The Morgan fingerprint density at radius 3 is 2.32 bits per heavy atom. The van der Waals surface area contributed by atoms with Crippen molar-refractivity contribution in [3.8, 4) is 0 Å². The van der Waals surface area contributed by atoms with Crippen LogP contribution in [0.2, 0.25) is 0 Å². The highest BCUT2D eigenvalue weighted by Crippen LogP contribution is 2.31. The molecule has 1 aliphatic carbocycles. The highest BCUT2D eigenvalue weighted by Gasteiger charge is 2.26. The zero-order valence-corrected chi connectivity index (χ0v) is 12.6. The molecule has 1 aromatic heterocycles. The molecule has 0 spiro atoms. The number of pyridine rings is 1. The lowest BCUT2D eigenvalue weighted by Gasteiger charge is -2.26. The van der Waals surface area contributed by atoms with E-state index in [0.717, 1.165) is 24.1 Å². The van der Waals surface area contributed by atoms with Crippen LogP contribution in [0.15, 0.2) is 16.9 Å². The van der Waals surface area contributed by atoms with E-state index in [-0.39, 0.29) is 5.56 Å². The SMILES string of the molecule is CC(C)c1ccc(C(C)(C)N)c(=O)n1C1CCCC1. The minimum absolute atomic E-state index is 0.116. The average molecular weight is 262 g/mol. The molecule has 106 valence electrons. The number of hydrogen-bond acceptors (Lipinski definition) is 2. The predicted molar refractivity (Wildman–Crippen MR) is 79.5 cm³/mol. The van der Waals surface area contributed by atoms with Crippen LogP contribution in [-0.4, -0.2) is 4.57 Å². The largest absolute Gasteiger partial charge is 0.322 e. The summed E-state index contributed by atoms with van der Waals surface area (Å²) in [6.45, 7) is 8.09. The first kappa shape index (κ1) is 14.3. The molecular weight excluding hydrogens is 236 g/mol. The van der Waals surface area contributed by atoms with E-state index < -0.39 is 5.54 Å². The molecule has 0 amide bonds. The van der Waals surface area contributed by atoms with Crippen molar-refractivity contribution in [3.05, 3.63) is 33.7 Å². The van der Waals surface area contributed by atoms with E-state index in [0.29, 0.717) is 12.0 Å². The summed E-state index contributed by atoms with van der Waals surface area (Å²) in [7, 11) is 0. The summed E-state index contributed by atoms with van der Waals surface area (Å²) >= 11 is 0. The average Bonchev–Trinajstić information content (AvgIpc) is 2.79. The monoisotopic (exact) mass is 262 g/mol. The second-order valence-corrected chi connectivity index (χ2v) is 6.66. The highest BCUT2D eigenvalue weighted by atomic mass is 16.1. The molecule has 0 radical (unpaired) electrons. The van der Waals surface area contributed by atoms with Gasteiger partial charge in [0.25, 0.3) is 5.56 Å². The van der Waals surface area contributed by atoms with E-state index in [9.17, 15) is 4.79 Å². The molecule has 2 rings (SSSR count). The molecule has 0 aliphatic heterocycles. The van der Waals surface area contributed by atoms with Gasteiger partial charge >= 0.3 is 0 Å². The molecule has 0 atom stereocenters. The molecule has 3 heteroatoms. The molecule has 1 fully saturated rings. The lowest BCUT2D eigenvalue weighted by atomic mass is 9.95. The minimum Gasteiger partial charge on any atom is -0.322 e. The third kappa shape index (κ3) is 2.76. The van der Waals surface area contributed by atoms with Gasteiger partial charge in [0.15, 0.2) is 0 Å². The normalized spacial score (nSPS) is 17.4. The van der Waals surface area contributed by atoms with Gasteiger partial charge in [-0.2, -0.15) is 0 Å². The molecular formula is C16H26N2O. The van der Waals surface area contributed by atoms with Crippen molar-refractivity contribution in [1.82, 2.24) is 4.57 Å². The molecule has 0 unspecified atom stereocenters. The van der Waals surface area contributed by atoms with Gasteiger partial charge in [-0.05, 0) is 44.7 Å². The van der Waals surface area contributed by atoms with Gasteiger partial charge in [0, 0.05) is 22.8 Å². The molecule has 1 aromatic rings. The second-order valence-electron chi connectivity index (χ2n) is 6.66. The fourth-order valence-electron chi connectivity index (χ4n) is 3.07. The molecule has 1 saturated carbocycles. The van der Waals surface area contributed by atoms with E-state index >= 15 is 0 Å². The summed E-state index contributed by atoms with van der Waals surface area (Å²) in [6.07, 6.45) is 4.69. The number of aromatic nitrogens is 1. The van der Waals surface area contributed by atoms with E-state index in [1.807, 2.05) is 24.5 Å². The standard InChI is InChI=1S/C16H26N2O/c1-11(2)14-10-9-13(16(3,4)17)15(19)18(14)12-7-5-6-8-12/h9-12H,5-8,17H2,1-4H3. The third-order valence-electron chi connectivity index (χ3n) is 4.12. The first-order valence-electron chi connectivity index (χ1n) is 7.37. The van der Waals surface area contributed by atoms with E-state index in [4.69, 9.17) is 5.73 Å². The van der Waals surface area contributed by atoms with Crippen LogP contribution in [0.25, 0.3) is 0 Å². The fraction of sp³-hybridized carbons (Fsp3) is 0.688. The molecule has 0 aromatic carbocycles. The van der Waals surface area contributed by atoms with Gasteiger partial charge in [0.2, 0.25) is 0 Å². The van der Waals surface area contributed by atoms with Crippen molar-refractivity contribution in [2.45, 2.75) is 70.9 Å². The van der Waals surface area contributed by atoms with Crippen LogP contribution in [0, 0.1) is 0 Å². The first-order chi connectivity index (χ1) is 8.82. The Morgan fingerprint density at radius 1 is 1.26 bits per heavy atom. The van der Waals surface area contributed by atoms with Crippen LogP contribution in [0.4, 0.5) is 0 Å². The Bertz CT molecular complexity index is 502. The summed E-state index contributed by atoms with van der Waals surface area (Å²) in [5.41, 5.74) is 7.55. The number of nitrogens with two attached hydrogens (primary N) is 1. The van der Waals surface area contributed by atoms with Crippen LogP contribution in [-0.2, 0) is 5.54 Å².